The summed E-state index contributed by atoms with van der Waals surface area (Å²) in [7, 11) is 0. The van der Waals surface area contributed by atoms with Crippen molar-refractivity contribution in [2.24, 2.45) is 4.99 Å². The Labute approximate surface area is 145 Å². The van der Waals surface area contributed by atoms with E-state index in [2.05, 4.69) is 11.1 Å². The quantitative estimate of drug-likeness (QED) is 0.508. The number of fused-ring (bicyclic) bond motifs is 3. The second kappa shape index (κ2) is 6.36. The fourth-order valence-electron chi connectivity index (χ4n) is 3.37. The van der Waals surface area contributed by atoms with Gasteiger partial charge in [-0.1, -0.05) is 12.1 Å². The SMILES string of the molecule is CSc1ccccc1N=Cc1c(O)ccc2oc3c(c12)CCCC3. The molecule has 1 aliphatic carbocycles. The predicted octanol–water partition coefficient (Wildman–Crippen LogP) is 5.49. The fourth-order valence-corrected chi connectivity index (χ4v) is 3.92. The highest BCUT2D eigenvalue weighted by molar-refractivity contribution is 7.98. The molecule has 0 atom stereocenters. The molecule has 122 valence electrons. The van der Waals surface area contributed by atoms with Gasteiger partial charge in [0.25, 0.3) is 0 Å². The average molecular weight is 337 g/mol. The first-order valence-electron chi connectivity index (χ1n) is 8.21. The van der Waals surface area contributed by atoms with Crippen molar-refractivity contribution in [1.29, 1.82) is 0 Å². The van der Waals surface area contributed by atoms with Crippen LogP contribution in [0, 0.1) is 0 Å². The lowest BCUT2D eigenvalue weighted by atomic mass is 9.94. The van der Waals surface area contributed by atoms with Crippen LogP contribution in [-0.2, 0) is 12.8 Å². The van der Waals surface area contributed by atoms with Gasteiger partial charge in [-0.25, -0.2) is 0 Å². The Hall–Kier alpha value is -2.20. The summed E-state index contributed by atoms with van der Waals surface area (Å²) in [5.41, 5.74) is 3.76. The minimum Gasteiger partial charge on any atom is -0.507 e. The van der Waals surface area contributed by atoms with E-state index < -0.39 is 0 Å². The minimum absolute atomic E-state index is 0.252. The first-order chi connectivity index (χ1) is 11.8. The molecule has 0 fully saturated rings. The smallest absolute Gasteiger partial charge is 0.135 e. The summed E-state index contributed by atoms with van der Waals surface area (Å²) in [6, 6.07) is 11.6. The molecular formula is C20H19NO2S. The van der Waals surface area contributed by atoms with Crippen LogP contribution in [0.3, 0.4) is 0 Å². The van der Waals surface area contributed by atoms with E-state index in [4.69, 9.17) is 4.42 Å². The number of nitrogens with zero attached hydrogens (tertiary/aromatic N) is 1. The van der Waals surface area contributed by atoms with Gasteiger partial charge in [0.1, 0.15) is 17.1 Å². The molecular weight excluding hydrogens is 318 g/mol. The first kappa shape index (κ1) is 15.3. The van der Waals surface area contributed by atoms with Crippen LogP contribution >= 0.6 is 11.8 Å². The van der Waals surface area contributed by atoms with Gasteiger partial charge >= 0.3 is 0 Å². The lowest BCUT2D eigenvalue weighted by Crippen LogP contribution is -1.99. The molecule has 0 saturated heterocycles. The van der Waals surface area contributed by atoms with E-state index in [0.717, 1.165) is 45.7 Å². The summed E-state index contributed by atoms with van der Waals surface area (Å²) < 4.78 is 6.01. The topological polar surface area (TPSA) is 45.7 Å². The molecule has 0 amide bonds. The Bertz CT molecular complexity index is 927. The lowest BCUT2D eigenvalue weighted by molar-refractivity contribution is 0.474. The Morgan fingerprint density at radius 3 is 2.83 bits per heavy atom. The Morgan fingerprint density at radius 1 is 1.12 bits per heavy atom. The van der Waals surface area contributed by atoms with Crippen LogP contribution in [0.25, 0.3) is 11.0 Å². The zero-order valence-corrected chi connectivity index (χ0v) is 14.4. The molecule has 1 heterocycles. The van der Waals surface area contributed by atoms with E-state index in [-0.39, 0.29) is 5.75 Å². The number of aryl methyl sites for hydroxylation is 2. The standard InChI is InChI=1S/C20H19NO2S/c1-24-19-9-5-3-7-15(19)21-12-14-16(22)10-11-18-20(14)13-6-2-4-8-17(13)23-18/h3,5,7,9-12,22H,2,4,6,8H2,1H3. The van der Waals surface area contributed by atoms with E-state index >= 15 is 0 Å². The molecule has 0 saturated carbocycles. The molecule has 3 nitrogen and oxygen atoms in total. The number of thioether (sulfide) groups is 1. The van der Waals surface area contributed by atoms with Crippen molar-refractivity contribution in [3.05, 3.63) is 53.3 Å². The van der Waals surface area contributed by atoms with Gasteiger partial charge in [0.15, 0.2) is 0 Å². The van der Waals surface area contributed by atoms with Crippen LogP contribution in [0.2, 0.25) is 0 Å². The van der Waals surface area contributed by atoms with E-state index in [9.17, 15) is 5.11 Å². The lowest BCUT2D eigenvalue weighted by Gasteiger charge is -2.10. The Balaban J connectivity index is 1.85. The highest BCUT2D eigenvalue weighted by Crippen LogP contribution is 2.37. The second-order valence-corrected chi connectivity index (χ2v) is 6.86. The largest absolute Gasteiger partial charge is 0.507 e. The molecule has 4 rings (SSSR count). The van der Waals surface area contributed by atoms with Crippen LogP contribution in [0.5, 0.6) is 5.75 Å². The van der Waals surface area contributed by atoms with Crippen molar-refractivity contribution >= 4 is 34.6 Å². The van der Waals surface area contributed by atoms with E-state index in [1.54, 1.807) is 24.0 Å². The van der Waals surface area contributed by atoms with Gasteiger partial charge in [0, 0.05) is 34.0 Å². The van der Waals surface area contributed by atoms with Gasteiger partial charge in [-0.15, -0.1) is 11.8 Å². The van der Waals surface area contributed by atoms with Crippen molar-refractivity contribution < 1.29 is 9.52 Å². The number of phenols is 1. The highest BCUT2D eigenvalue weighted by Gasteiger charge is 2.21. The fraction of sp³-hybridized carbons (Fsp3) is 0.250. The van der Waals surface area contributed by atoms with Crippen molar-refractivity contribution in [2.75, 3.05) is 6.26 Å². The number of hydrogen-bond donors (Lipinski definition) is 1. The molecule has 4 heteroatoms. The van der Waals surface area contributed by atoms with Gasteiger partial charge in [-0.2, -0.15) is 0 Å². The molecule has 0 bridgehead atoms. The van der Waals surface area contributed by atoms with Crippen molar-refractivity contribution in [3.63, 3.8) is 0 Å². The normalized spacial score (nSPS) is 14.4. The third-order valence-electron chi connectivity index (χ3n) is 4.55. The summed E-state index contributed by atoms with van der Waals surface area (Å²) in [6.45, 7) is 0. The number of rotatable bonds is 3. The van der Waals surface area contributed by atoms with Gasteiger partial charge in [-0.3, -0.25) is 4.99 Å². The highest BCUT2D eigenvalue weighted by atomic mass is 32.2. The summed E-state index contributed by atoms with van der Waals surface area (Å²) >= 11 is 1.67. The Morgan fingerprint density at radius 2 is 1.96 bits per heavy atom. The molecule has 0 unspecified atom stereocenters. The van der Waals surface area contributed by atoms with E-state index in [1.165, 1.54) is 18.4 Å². The van der Waals surface area contributed by atoms with Crippen LogP contribution in [0.15, 0.2) is 50.7 Å². The van der Waals surface area contributed by atoms with E-state index in [0.29, 0.717) is 0 Å². The zero-order chi connectivity index (χ0) is 16.5. The number of benzene rings is 2. The van der Waals surface area contributed by atoms with Crippen LogP contribution in [0.4, 0.5) is 5.69 Å². The maximum Gasteiger partial charge on any atom is 0.135 e. The maximum atomic E-state index is 10.4. The van der Waals surface area contributed by atoms with Gasteiger partial charge in [0.05, 0.1) is 5.69 Å². The van der Waals surface area contributed by atoms with Crippen molar-refractivity contribution in [2.45, 2.75) is 30.6 Å². The van der Waals surface area contributed by atoms with Gasteiger partial charge in [0.2, 0.25) is 0 Å². The van der Waals surface area contributed by atoms with E-state index in [1.807, 2.05) is 30.5 Å². The number of hydrogen-bond acceptors (Lipinski definition) is 4. The van der Waals surface area contributed by atoms with Crippen molar-refractivity contribution in [1.82, 2.24) is 0 Å². The first-order valence-corrected chi connectivity index (χ1v) is 9.43. The molecule has 1 aliphatic rings. The average Bonchev–Trinajstić information content (AvgIpc) is 3.00. The van der Waals surface area contributed by atoms with Crippen LogP contribution < -0.4 is 0 Å². The number of aromatic hydroxyl groups is 1. The number of furan rings is 1. The zero-order valence-electron chi connectivity index (χ0n) is 13.6. The summed E-state index contributed by atoms with van der Waals surface area (Å²) in [5, 5.41) is 11.4. The van der Waals surface area contributed by atoms with Gasteiger partial charge in [-0.05, 0) is 49.8 Å². The third-order valence-corrected chi connectivity index (χ3v) is 5.34. The molecule has 0 radical (unpaired) electrons. The molecule has 0 spiro atoms. The second-order valence-electron chi connectivity index (χ2n) is 6.01. The summed E-state index contributed by atoms with van der Waals surface area (Å²) in [4.78, 5) is 5.76. The minimum atomic E-state index is 0.252. The molecule has 2 aromatic carbocycles. The predicted molar refractivity (Wildman–Crippen MR) is 100.0 cm³/mol. The molecule has 3 aromatic rings. The maximum absolute atomic E-state index is 10.4. The monoisotopic (exact) mass is 337 g/mol. The summed E-state index contributed by atoms with van der Waals surface area (Å²) in [6.07, 6.45) is 8.15. The molecule has 1 aromatic heterocycles. The van der Waals surface area contributed by atoms with Crippen molar-refractivity contribution in [3.8, 4) is 5.75 Å². The Kier molecular flexibility index (Phi) is 4.07. The third kappa shape index (κ3) is 2.61. The van der Waals surface area contributed by atoms with Crippen LogP contribution in [-0.4, -0.2) is 17.6 Å². The number of para-hydroxylation sites is 1. The molecule has 1 N–H and O–H groups in total. The van der Waals surface area contributed by atoms with Gasteiger partial charge < -0.3 is 9.52 Å². The van der Waals surface area contributed by atoms with Crippen LogP contribution in [0.1, 0.15) is 29.7 Å². The number of phenolic OH excluding ortho intramolecular Hbond substituents is 1. The molecule has 24 heavy (non-hydrogen) atoms. The summed E-state index contributed by atoms with van der Waals surface area (Å²) in [5.74, 6) is 1.32. The molecule has 0 aliphatic heterocycles. The number of aliphatic imine (C=N–C) groups is 1.